The van der Waals surface area contributed by atoms with Crippen LogP contribution in [0.2, 0.25) is 0 Å². The van der Waals surface area contributed by atoms with E-state index in [1.165, 1.54) is 4.72 Å². The van der Waals surface area contributed by atoms with Crippen LogP contribution in [0.3, 0.4) is 0 Å². The molecule has 104 valence electrons. The normalized spacial score (nSPS) is 19.3. The van der Waals surface area contributed by atoms with Gasteiger partial charge in [0.25, 0.3) is 10.2 Å². The molecule has 17 heavy (non-hydrogen) atoms. The Morgan fingerprint density at radius 2 is 1.76 bits per heavy atom. The number of rotatable bonds is 5. The van der Waals surface area contributed by atoms with Gasteiger partial charge < -0.3 is 5.73 Å². The van der Waals surface area contributed by atoms with E-state index in [0.717, 1.165) is 6.42 Å². The highest BCUT2D eigenvalue weighted by molar-refractivity contribution is 7.87. The zero-order valence-corrected chi connectivity index (χ0v) is 10.5. The highest BCUT2D eigenvalue weighted by Gasteiger charge is 2.34. The second-order valence-corrected chi connectivity index (χ2v) is 5.56. The quantitative estimate of drug-likeness (QED) is 0.681. The van der Waals surface area contributed by atoms with Crippen LogP contribution in [0.5, 0.6) is 0 Å². The third kappa shape index (κ3) is 6.41. The summed E-state index contributed by atoms with van der Waals surface area (Å²) in [5.74, 6) is 0. The molecule has 0 radical (unpaired) electrons. The van der Waals surface area contributed by atoms with E-state index in [0.29, 0.717) is 12.8 Å². The van der Waals surface area contributed by atoms with Crippen molar-refractivity contribution in [1.29, 1.82) is 0 Å². The summed E-state index contributed by atoms with van der Waals surface area (Å²) >= 11 is 0. The summed E-state index contributed by atoms with van der Waals surface area (Å²) in [5, 5.41) is 0. The lowest BCUT2D eigenvalue weighted by Gasteiger charge is -2.37. The Kier molecular flexibility index (Phi) is 5.67. The van der Waals surface area contributed by atoms with E-state index < -0.39 is 28.5 Å². The molecule has 0 spiro atoms. The van der Waals surface area contributed by atoms with Gasteiger partial charge >= 0.3 is 6.18 Å². The summed E-state index contributed by atoms with van der Waals surface area (Å²) in [5.41, 5.74) is 5.11. The van der Waals surface area contributed by atoms with Crippen LogP contribution in [0.1, 0.15) is 19.3 Å². The van der Waals surface area contributed by atoms with Crippen LogP contribution in [-0.2, 0) is 10.2 Å². The average Bonchev–Trinajstić information content (AvgIpc) is 2.08. The molecule has 0 aliphatic heterocycles. The van der Waals surface area contributed by atoms with E-state index in [-0.39, 0.29) is 19.0 Å². The topological polar surface area (TPSA) is 84.2 Å². The first kappa shape index (κ1) is 16.9. The van der Waals surface area contributed by atoms with Crippen LogP contribution in [0.4, 0.5) is 13.2 Å². The standard InChI is InChI=1S/C7H14F3N3O2S.ClH/c8-7(9,10)5-13-16(14,15)12-4-6(11)2-1-3-6;/h12-13H,1-5,11H2;1H. The third-order valence-corrected chi connectivity index (χ3v) is 3.47. The molecule has 0 heterocycles. The summed E-state index contributed by atoms with van der Waals surface area (Å²) in [6.07, 6.45) is -2.30. The highest BCUT2D eigenvalue weighted by Crippen LogP contribution is 2.28. The van der Waals surface area contributed by atoms with E-state index in [1.807, 2.05) is 4.72 Å². The number of nitrogens with two attached hydrogens (primary N) is 1. The van der Waals surface area contributed by atoms with Gasteiger partial charge in [0.2, 0.25) is 0 Å². The van der Waals surface area contributed by atoms with E-state index in [2.05, 4.69) is 0 Å². The van der Waals surface area contributed by atoms with Crippen LogP contribution < -0.4 is 15.2 Å². The van der Waals surface area contributed by atoms with Crippen molar-refractivity contribution in [2.45, 2.75) is 31.0 Å². The number of hydrogen-bond donors (Lipinski definition) is 3. The molecule has 1 saturated carbocycles. The molecule has 1 fully saturated rings. The van der Waals surface area contributed by atoms with Crippen LogP contribution in [0.25, 0.3) is 0 Å². The molecule has 4 N–H and O–H groups in total. The molecule has 0 aromatic rings. The lowest BCUT2D eigenvalue weighted by atomic mass is 9.78. The molecule has 1 aliphatic carbocycles. The Bertz CT molecular complexity index is 343. The van der Waals surface area contributed by atoms with Gasteiger partial charge in [0.15, 0.2) is 0 Å². The highest BCUT2D eigenvalue weighted by atomic mass is 35.5. The van der Waals surface area contributed by atoms with Crippen LogP contribution in [-0.4, -0.2) is 33.2 Å². The van der Waals surface area contributed by atoms with Crippen molar-refractivity contribution in [3.8, 4) is 0 Å². The molecule has 5 nitrogen and oxygen atoms in total. The number of halogens is 4. The molecular formula is C7H15ClF3N3O2S. The van der Waals surface area contributed by atoms with Crippen molar-refractivity contribution in [1.82, 2.24) is 9.44 Å². The number of nitrogens with one attached hydrogen (secondary N) is 2. The van der Waals surface area contributed by atoms with Crippen LogP contribution in [0, 0.1) is 0 Å². The van der Waals surface area contributed by atoms with Gasteiger partial charge in [-0.05, 0) is 19.3 Å². The molecule has 1 aliphatic rings. The molecule has 0 saturated heterocycles. The molecular weight excluding hydrogens is 283 g/mol. The molecule has 0 aromatic heterocycles. The summed E-state index contributed by atoms with van der Waals surface area (Å²) in [6, 6.07) is 0. The lowest BCUT2D eigenvalue weighted by Crippen LogP contribution is -2.56. The zero-order chi connectivity index (χ0) is 12.4. The number of hydrogen-bond acceptors (Lipinski definition) is 3. The van der Waals surface area contributed by atoms with Gasteiger partial charge in [0.05, 0.1) is 0 Å². The van der Waals surface area contributed by atoms with Gasteiger partial charge in [-0.2, -0.15) is 26.3 Å². The smallest absolute Gasteiger partial charge is 0.324 e. The maximum atomic E-state index is 11.8. The van der Waals surface area contributed by atoms with E-state index in [9.17, 15) is 21.6 Å². The Hall–Kier alpha value is -0.0900. The monoisotopic (exact) mass is 297 g/mol. The fourth-order valence-electron chi connectivity index (χ4n) is 1.27. The summed E-state index contributed by atoms with van der Waals surface area (Å²) in [6.45, 7) is -1.62. The second kappa shape index (κ2) is 5.70. The minimum Gasteiger partial charge on any atom is -0.324 e. The summed E-state index contributed by atoms with van der Waals surface area (Å²) in [7, 11) is -4.12. The van der Waals surface area contributed by atoms with Gasteiger partial charge in [-0.25, -0.2) is 4.72 Å². The SMILES string of the molecule is Cl.NC1(CNS(=O)(=O)NCC(F)(F)F)CCC1. The molecule has 0 unspecified atom stereocenters. The van der Waals surface area contributed by atoms with Crippen molar-refractivity contribution < 1.29 is 21.6 Å². The average molecular weight is 298 g/mol. The first-order valence-corrected chi connectivity index (χ1v) is 6.20. The first-order chi connectivity index (χ1) is 7.12. The summed E-state index contributed by atoms with van der Waals surface area (Å²) < 4.78 is 60.9. The molecule has 10 heteroatoms. The Balaban J connectivity index is 0.00000256. The number of alkyl halides is 3. The van der Waals surface area contributed by atoms with Gasteiger partial charge in [0, 0.05) is 12.1 Å². The van der Waals surface area contributed by atoms with Gasteiger partial charge in [-0.15, -0.1) is 12.4 Å². The largest absolute Gasteiger partial charge is 0.402 e. The molecule has 0 atom stereocenters. The van der Waals surface area contributed by atoms with Crippen molar-refractivity contribution in [3.05, 3.63) is 0 Å². The van der Waals surface area contributed by atoms with Crippen LogP contribution >= 0.6 is 12.4 Å². The maximum absolute atomic E-state index is 11.8. The van der Waals surface area contributed by atoms with Gasteiger partial charge in [-0.3, -0.25) is 0 Å². The maximum Gasteiger partial charge on any atom is 0.402 e. The second-order valence-electron chi connectivity index (χ2n) is 3.98. The van der Waals surface area contributed by atoms with Crippen molar-refractivity contribution in [2.24, 2.45) is 5.73 Å². The molecule has 1 rings (SSSR count). The van der Waals surface area contributed by atoms with Crippen molar-refractivity contribution >= 4 is 22.6 Å². The molecule has 0 amide bonds. The molecule has 0 aromatic carbocycles. The van der Waals surface area contributed by atoms with Crippen molar-refractivity contribution in [3.63, 3.8) is 0 Å². The Morgan fingerprint density at radius 1 is 1.24 bits per heavy atom. The fourth-order valence-corrected chi connectivity index (χ4v) is 2.21. The first-order valence-electron chi connectivity index (χ1n) is 4.72. The van der Waals surface area contributed by atoms with Gasteiger partial charge in [-0.1, -0.05) is 0 Å². The van der Waals surface area contributed by atoms with E-state index in [1.54, 1.807) is 0 Å². The van der Waals surface area contributed by atoms with Crippen molar-refractivity contribution in [2.75, 3.05) is 13.1 Å². The minimum atomic E-state index is -4.56. The van der Waals surface area contributed by atoms with E-state index in [4.69, 9.17) is 5.73 Å². The van der Waals surface area contributed by atoms with Crippen LogP contribution in [0.15, 0.2) is 0 Å². The zero-order valence-electron chi connectivity index (χ0n) is 8.88. The summed E-state index contributed by atoms with van der Waals surface area (Å²) in [4.78, 5) is 0. The predicted molar refractivity (Wildman–Crippen MR) is 59.0 cm³/mol. The molecule has 0 bridgehead atoms. The lowest BCUT2D eigenvalue weighted by molar-refractivity contribution is -0.121. The Morgan fingerprint density at radius 3 is 2.12 bits per heavy atom. The minimum absolute atomic E-state index is 0. The Labute approximate surface area is 104 Å². The third-order valence-electron chi connectivity index (χ3n) is 2.43. The van der Waals surface area contributed by atoms with Gasteiger partial charge in [0.1, 0.15) is 6.54 Å². The fraction of sp³-hybridized carbons (Fsp3) is 1.00. The van der Waals surface area contributed by atoms with E-state index >= 15 is 0 Å². The predicted octanol–water partition coefficient (Wildman–Crippen LogP) is 0.276.